The third-order valence-corrected chi connectivity index (χ3v) is 3.81. The van der Waals surface area contributed by atoms with Crippen molar-refractivity contribution < 1.29 is 14.6 Å². The van der Waals surface area contributed by atoms with E-state index in [2.05, 4.69) is 4.90 Å². The number of rotatable bonds is 4. The van der Waals surface area contributed by atoms with Gasteiger partial charge in [-0.05, 0) is 17.9 Å². The van der Waals surface area contributed by atoms with E-state index in [9.17, 15) is 9.90 Å². The molecule has 0 saturated carbocycles. The van der Waals surface area contributed by atoms with Gasteiger partial charge >= 0.3 is 5.97 Å². The van der Waals surface area contributed by atoms with E-state index in [1.807, 2.05) is 25.1 Å². The second-order valence-corrected chi connectivity index (χ2v) is 5.29. The second-order valence-electron chi connectivity index (χ2n) is 3.99. The second kappa shape index (κ2) is 6.11. The lowest BCUT2D eigenvalue weighted by atomic mass is 10.1. The topological polar surface area (TPSA) is 49.8 Å². The monoisotopic (exact) mass is 267 g/mol. The van der Waals surface area contributed by atoms with Gasteiger partial charge in [0.2, 0.25) is 0 Å². The molecule has 0 amide bonds. The minimum atomic E-state index is -0.854. The van der Waals surface area contributed by atoms with Crippen molar-refractivity contribution in [1.82, 2.24) is 0 Å². The highest BCUT2D eigenvalue weighted by Gasteiger charge is 2.21. The molecule has 1 aliphatic rings. The lowest BCUT2D eigenvalue weighted by Gasteiger charge is -2.30. The van der Waals surface area contributed by atoms with Crippen LogP contribution in [0.1, 0.15) is 17.3 Å². The summed E-state index contributed by atoms with van der Waals surface area (Å²) in [5.74, 6) is 0.0142. The fourth-order valence-electron chi connectivity index (χ4n) is 2.08. The van der Waals surface area contributed by atoms with Crippen LogP contribution in [0.2, 0.25) is 0 Å². The standard InChI is InChI=1S/C13H17NO3S/c1-2-18-11-5-3-4-10(12(11)13(15)16)14-6-8-17-9-7-14/h3-5H,2,6-9H2,1H3,(H,15,16). The van der Waals surface area contributed by atoms with Crippen LogP contribution in [0.5, 0.6) is 0 Å². The number of thioether (sulfide) groups is 1. The molecule has 0 radical (unpaired) electrons. The molecule has 0 aliphatic carbocycles. The Kier molecular flexibility index (Phi) is 4.49. The molecule has 1 saturated heterocycles. The van der Waals surface area contributed by atoms with E-state index in [0.717, 1.165) is 29.4 Å². The Morgan fingerprint density at radius 3 is 2.78 bits per heavy atom. The molecule has 0 aromatic heterocycles. The van der Waals surface area contributed by atoms with Gasteiger partial charge in [-0.3, -0.25) is 0 Å². The zero-order valence-corrected chi connectivity index (χ0v) is 11.2. The number of morpholine rings is 1. The predicted molar refractivity (Wildman–Crippen MR) is 72.8 cm³/mol. The molecule has 1 aromatic carbocycles. The summed E-state index contributed by atoms with van der Waals surface area (Å²) in [6.07, 6.45) is 0. The van der Waals surface area contributed by atoms with Gasteiger partial charge in [0.25, 0.3) is 0 Å². The Labute approximate surface area is 111 Å². The summed E-state index contributed by atoms with van der Waals surface area (Å²) in [4.78, 5) is 14.4. The maximum atomic E-state index is 11.5. The molecular formula is C13H17NO3S. The van der Waals surface area contributed by atoms with Crippen LogP contribution >= 0.6 is 11.8 Å². The summed E-state index contributed by atoms with van der Waals surface area (Å²) >= 11 is 1.57. The fraction of sp³-hybridized carbons (Fsp3) is 0.462. The highest BCUT2D eigenvalue weighted by Crippen LogP contribution is 2.31. The van der Waals surface area contributed by atoms with Gasteiger partial charge in [0.05, 0.1) is 24.5 Å². The molecule has 1 N–H and O–H groups in total. The van der Waals surface area contributed by atoms with Crippen molar-refractivity contribution in [3.8, 4) is 0 Å². The van der Waals surface area contributed by atoms with Gasteiger partial charge in [0, 0.05) is 18.0 Å². The van der Waals surface area contributed by atoms with Crippen molar-refractivity contribution in [1.29, 1.82) is 0 Å². The van der Waals surface area contributed by atoms with Crippen LogP contribution in [-0.4, -0.2) is 43.1 Å². The van der Waals surface area contributed by atoms with Crippen molar-refractivity contribution in [3.63, 3.8) is 0 Å². The van der Waals surface area contributed by atoms with Gasteiger partial charge in [-0.25, -0.2) is 4.79 Å². The van der Waals surface area contributed by atoms with Crippen LogP contribution in [0.3, 0.4) is 0 Å². The third kappa shape index (κ3) is 2.79. The Balaban J connectivity index is 2.38. The molecule has 1 fully saturated rings. The molecule has 2 rings (SSSR count). The molecule has 0 spiro atoms. The molecule has 18 heavy (non-hydrogen) atoms. The van der Waals surface area contributed by atoms with Gasteiger partial charge in [-0.15, -0.1) is 11.8 Å². The van der Waals surface area contributed by atoms with E-state index < -0.39 is 5.97 Å². The predicted octanol–water partition coefficient (Wildman–Crippen LogP) is 2.33. The Morgan fingerprint density at radius 2 is 2.17 bits per heavy atom. The van der Waals surface area contributed by atoms with Crippen molar-refractivity contribution in [2.75, 3.05) is 37.0 Å². The molecule has 0 bridgehead atoms. The lowest BCUT2D eigenvalue weighted by molar-refractivity contribution is 0.0692. The minimum absolute atomic E-state index is 0.422. The Morgan fingerprint density at radius 1 is 1.44 bits per heavy atom. The zero-order chi connectivity index (χ0) is 13.0. The molecule has 1 aromatic rings. The van der Waals surface area contributed by atoms with E-state index in [4.69, 9.17) is 4.74 Å². The molecule has 1 aliphatic heterocycles. The van der Waals surface area contributed by atoms with Crippen LogP contribution in [0.15, 0.2) is 23.1 Å². The van der Waals surface area contributed by atoms with Crippen LogP contribution in [-0.2, 0) is 4.74 Å². The van der Waals surface area contributed by atoms with Crippen LogP contribution in [0, 0.1) is 0 Å². The van der Waals surface area contributed by atoms with E-state index >= 15 is 0 Å². The number of nitrogens with zero attached hydrogens (tertiary/aromatic N) is 1. The van der Waals surface area contributed by atoms with E-state index in [1.165, 1.54) is 0 Å². The summed E-state index contributed by atoms with van der Waals surface area (Å²) in [6.45, 7) is 4.84. The van der Waals surface area contributed by atoms with Crippen LogP contribution < -0.4 is 4.90 Å². The maximum absolute atomic E-state index is 11.5. The van der Waals surface area contributed by atoms with Crippen molar-refractivity contribution in [2.24, 2.45) is 0 Å². The molecule has 1 heterocycles. The highest BCUT2D eigenvalue weighted by molar-refractivity contribution is 7.99. The van der Waals surface area contributed by atoms with Gasteiger partial charge in [-0.1, -0.05) is 13.0 Å². The first-order valence-corrected chi connectivity index (χ1v) is 7.04. The summed E-state index contributed by atoms with van der Waals surface area (Å²) in [6, 6.07) is 5.69. The first kappa shape index (κ1) is 13.2. The first-order chi connectivity index (χ1) is 8.74. The van der Waals surface area contributed by atoms with Gasteiger partial charge in [0.1, 0.15) is 0 Å². The molecule has 5 heteroatoms. The average Bonchev–Trinajstić information content (AvgIpc) is 2.39. The Bertz CT molecular complexity index is 430. The maximum Gasteiger partial charge on any atom is 0.338 e. The smallest absolute Gasteiger partial charge is 0.338 e. The van der Waals surface area contributed by atoms with Crippen molar-refractivity contribution >= 4 is 23.4 Å². The normalized spacial score (nSPS) is 15.7. The first-order valence-electron chi connectivity index (χ1n) is 6.06. The minimum Gasteiger partial charge on any atom is -0.478 e. The third-order valence-electron chi connectivity index (χ3n) is 2.87. The number of aromatic carboxylic acids is 1. The average molecular weight is 267 g/mol. The lowest BCUT2D eigenvalue weighted by Crippen LogP contribution is -2.37. The zero-order valence-electron chi connectivity index (χ0n) is 10.4. The molecule has 4 nitrogen and oxygen atoms in total. The summed E-state index contributed by atoms with van der Waals surface area (Å²) in [7, 11) is 0. The number of carboxylic acids is 1. The number of carboxylic acid groups (broad SMARTS) is 1. The van der Waals surface area contributed by atoms with E-state index in [1.54, 1.807) is 11.8 Å². The number of hydrogen-bond acceptors (Lipinski definition) is 4. The van der Waals surface area contributed by atoms with Gasteiger partial charge < -0.3 is 14.7 Å². The Hall–Kier alpha value is -1.20. The highest BCUT2D eigenvalue weighted by atomic mass is 32.2. The largest absolute Gasteiger partial charge is 0.478 e. The van der Waals surface area contributed by atoms with Gasteiger partial charge in [0.15, 0.2) is 0 Å². The number of benzene rings is 1. The fourth-order valence-corrected chi connectivity index (χ4v) is 2.90. The molecular weight excluding hydrogens is 250 g/mol. The van der Waals surface area contributed by atoms with Gasteiger partial charge in [-0.2, -0.15) is 0 Å². The SMILES string of the molecule is CCSc1cccc(N2CCOCC2)c1C(=O)O. The number of anilines is 1. The van der Waals surface area contributed by atoms with E-state index in [-0.39, 0.29) is 0 Å². The number of hydrogen-bond donors (Lipinski definition) is 1. The number of ether oxygens (including phenoxy) is 1. The number of carbonyl (C=O) groups is 1. The summed E-state index contributed by atoms with van der Waals surface area (Å²) in [5.41, 5.74) is 1.23. The quantitative estimate of drug-likeness (QED) is 0.849. The summed E-state index contributed by atoms with van der Waals surface area (Å²) < 4.78 is 5.30. The van der Waals surface area contributed by atoms with Crippen LogP contribution in [0.25, 0.3) is 0 Å². The van der Waals surface area contributed by atoms with E-state index in [0.29, 0.717) is 18.8 Å². The molecule has 0 unspecified atom stereocenters. The molecule has 98 valence electrons. The van der Waals surface area contributed by atoms with Crippen molar-refractivity contribution in [3.05, 3.63) is 23.8 Å². The van der Waals surface area contributed by atoms with Crippen LogP contribution in [0.4, 0.5) is 5.69 Å². The summed E-state index contributed by atoms with van der Waals surface area (Å²) in [5, 5.41) is 9.43. The molecule has 0 atom stereocenters. The van der Waals surface area contributed by atoms with Crippen molar-refractivity contribution in [2.45, 2.75) is 11.8 Å².